The molecular weight excluding hydrogens is 378 g/mol. The Balaban J connectivity index is 1.60. The molecule has 0 unspecified atom stereocenters. The molecule has 0 aliphatic rings. The molecule has 0 fully saturated rings. The molecule has 0 bridgehead atoms. The summed E-state index contributed by atoms with van der Waals surface area (Å²) in [6, 6.07) is 32.3. The van der Waals surface area contributed by atoms with E-state index in [0.29, 0.717) is 4.88 Å². The van der Waals surface area contributed by atoms with Crippen LogP contribution >= 0.6 is 11.3 Å². The first-order valence-corrected chi connectivity index (χ1v) is 10.0. The second-order valence-electron chi connectivity index (χ2n) is 6.44. The summed E-state index contributed by atoms with van der Waals surface area (Å²) in [5.74, 6) is -0.888. The zero-order chi connectivity index (χ0) is 20.1. The second kappa shape index (κ2) is 8.59. The Kier molecular flexibility index (Phi) is 5.54. The molecule has 0 spiro atoms. The highest BCUT2D eigenvalue weighted by molar-refractivity contribution is 7.14. The Morgan fingerprint density at radius 3 is 1.76 bits per heavy atom. The quantitative estimate of drug-likeness (QED) is 0.378. The number of anilines is 3. The summed E-state index contributed by atoms with van der Waals surface area (Å²) in [6.07, 6.45) is 3.94. The molecular formula is C25H19NO2S. The second-order valence-corrected chi connectivity index (χ2v) is 7.55. The smallest absolute Gasteiger partial charge is 0.345 e. The number of nitrogens with zero attached hydrogens (tertiary/aromatic N) is 1. The van der Waals surface area contributed by atoms with Gasteiger partial charge in [-0.2, -0.15) is 0 Å². The summed E-state index contributed by atoms with van der Waals surface area (Å²) < 4.78 is 0. The van der Waals surface area contributed by atoms with Crippen molar-refractivity contribution in [3.8, 4) is 0 Å². The molecule has 4 aromatic rings. The molecule has 29 heavy (non-hydrogen) atoms. The molecule has 3 nitrogen and oxygen atoms in total. The standard InChI is InChI=1S/C25H19NO2S/c27-25(28)24-18-17-23(29-24)16-13-19-11-14-22(15-12-19)26(20-7-3-1-4-8-20)21-9-5-2-6-10-21/h1-18H,(H,27,28). The van der Waals surface area contributed by atoms with Gasteiger partial charge in [-0.05, 0) is 60.2 Å². The fourth-order valence-corrected chi connectivity index (χ4v) is 3.82. The van der Waals surface area contributed by atoms with Crippen molar-refractivity contribution < 1.29 is 9.90 Å². The highest BCUT2D eigenvalue weighted by Gasteiger charge is 2.11. The molecule has 1 aromatic heterocycles. The number of aromatic carboxylic acids is 1. The Hall–Kier alpha value is -3.63. The van der Waals surface area contributed by atoms with E-state index in [4.69, 9.17) is 5.11 Å². The maximum absolute atomic E-state index is 11.0. The van der Waals surface area contributed by atoms with Crippen LogP contribution in [0.1, 0.15) is 20.1 Å². The minimum absolute atomic E-state index is 0.348. The van der Waals surface area contributed by atoms with Crippen LogP contribution in [-0.2, 0) is 0 Å². The van der Waals surface area contributed by atoms with Gasteiger partial charge >= 0.3 is 5.97 Å². The van der Waals surface area contributed by atoms with Crippen molar-refractivity contribution in [2.75, 3.05) is 4.90 Å². The third-order valence-electron chi connectivity index (χ3n) is 4.46. The SMILES string of the molecule is O=C(O)c1ccc(C=Cc2ccc(N(c3ccccc3)c3ccccc3)cc2)s1. The molecule has 4 rings (SSSR count). The molecule has 0 saturated carbocycles. The zero-order valence-electron chi connectivity index (χ0n) is 15.6. The third-order valence-corrected chi connectivity index (χ3v) is 5.50. The molecule has 3 aromatic carbocycles. The van der Waals surface area contributed by atoms with Crippen LogP contribution in [0, 0.1) is 0 Å². The summed E-state index contributed by atoms with van der Waals surface area (Å²) in [7, 11) is 0. The minimum Gasteiger partial charge on any atom is -0.477 e. The van der Waals surface area contributed by atoms with Crippen LogP contribution in [0.15, 0.2) is 97.1 Å². The third kappa shape index (κ3) is 4.45. The van der Waals surface area contributed by atoms with E-state index in [2.05, 4.69) is 53.4 Å². The molecule has 142 valence electrons. The van der Waals surface area contributed by atoms with E-state index >= 15 is 0 Å². The molecule has 0 aliphatic carbocycles. The van der Waals surface area contributed by atoms with Gasteiger partial charge in [-0.3, -0.25) is 0 Å². The fourth-order valence-electron chi connectivity index (χ4n) is 3.07. The van der Waals surface area contributed by atoms with Gasteiger partial charge in [0.2, 0.25) is 0 Å². The summed E-state index contributed by atoms with van der Waals surface area (Å²) in [5.41, 5.74) is 4.33. The summed E-state index contributed by atoms with van der Waals surface area (Å²) >= 11 is 1.27. The fraction of sp³-hybridized carbons (Fsp3) is 0. The van der Waals surface area contributed by atoms with Gasteiger partial charge in [-0.25, -0.2) is 4.79 Å². The van der Waals surface area contributed by atoms with E-state index in [1.54, 1.807) is 6.07 Å². The highest BCUT2D eigenvalue weighted by atomic mass is 32.1. The van der Waals surface area contributed by atoms with Crippen LogP contribution in [0.5, 0.6) is 0 Å². The summed E-state index contributed by atoms with van der Waals surface area (Å²) in [5, 5.41) is 9.04. The molecule has 4 heteroatoms. The number of hydrogen-bond donors (Lipinski definition) is 1. The van der Waals surface area contributed by atoms with Crippen molar-refractivity contribution in [2.45, 2.75) is 0 Å². The van der Waals surface area contributed by atoms with Crippen LogP contribution < -0.4 is 4.90 Å². The number of carboxylic acid groups (broad SMARTS) is 1. The average Bonchev–Trinajstić information content (AvgIpc) is 3.25. The minimum atomic E-state index is -0.888. The first-order valence-electron chi connectivity index (χ1n) is 9.22. The maximum atomic E-state index is 11.0. The van der Waals surface area contributed by atoms with Crippen molar-refractivity contribution >= 4 is 46.5 Å². The highest BCUT2D eigenvalue weighted by Crippen LogP contribution is 2.34. The lowest BCUT2D eigenvalue weighted by Crippen LogP contribution is -2.09. The number of benzene rings is 3. The predicted molar refractivity (Wildman–Crippen MR) is 121 cm³/mol. The zero-order valence-corrected chi connectivity index (χ0v) is 16.4. The van der Waals surface area contributed by atoms with E-state index in [1.165, 1.54) is 11.3 Å². The summed E-state index contributed by atoms with van der Waals surface area (Å²) in [4.78, 5) is 14.5. The van der Waals surface area contributed by atoms with Gasteiger partial charge in [-0.15, -0.1) is 11.3 Å². The molecule has 0 atom stereocenters. The summed E-state index contributed by atoms with van der Waals surface area (Å²) in [6.45, 7) is 0. The molecule has 0 amide bonds. The van der Waals surface area contributed by atoms with Crippen LogP contribution in [0.3, 0.4) is 0 Å². The van der Waals surface area contributed by atoms with Gasteiger partial charge in [0.1, 0.15) is 4.88 Å². The van der Waals surface area contributed by atoms with Crippen molar-refractivity contribution in [3.05, 3.63) is 112 Å². The van der Waals surface area contributed by atoms with Crippen LogP contribution in [0.2, 0.25) is 0 Å². The molecule has 0 saturated heterocycles. The molecule has 0 aliphatic heterocycles. The number of rotatable bonds is 6. The Morgan fingerprint density at radius 2 is 1.24 bits per heavy atom. The van der Waals surface area contributed by atoms with Crippen LogP contribution in [-0.4, -0.2) is 11.1 Å². The van der Waals surface area contributed by atoms with Crippen molar-refractivity contribution in [2.24, 2.45) is 0 Å². The average molecular weight is 397 g/mol. The topological polar surface area (TPSA) is 40.5 Å². The van der Waals surface area contributed by atoms with Gasteiger partial charge in [0.15, 0.2) is 0 Å². The first-order chi connectivity index (χ1) is 14.2. The van der Waals surface area contributed by atoms with E-state index in [1.807, 2.05) is 54.6 Å². The van der Waals surface area contributed by atoms with Crippen LogP contribution in [0.25, 0.3) is 12.2 Å². The van der Waals surface area contributed by atoms with Gasteiger partial charge in [0.05, 0.1) is 0 Å². The normalized spacial score (nSPS) is 10.9. The molecule has 1 heterocycles. The predicted octanol–water partition coefficient (Wildman–Crippen LogP) is 7.09. The van der Waals surface area contributed by atoms with Crippen LogP contribution in [0.4, 0.5) is 17.1 Å². The van der Waals surface area contributed by atoms with Gasteiger partial charge in [0.25, 0.3) is 0 Å². The number of thiophene rings is 1. The lowest BCUT2D eigenvalue weighted by molar-refractivity contribution is 0.0702. The van der Waals surface area contributed by atoms with Crippen molar-refractivity contribution in [1.29, 1.82) is 0 Å². The maximum Gasteiger partial charge on any atom is 0.345 e. The van der Waals surface area contributed by atoms with Crippen molar-refractivity contribution in [1.82, 2.24) is 0 Å². The van der Waals surface area contributed by atoms with E-state index in [-0.39, 0.29) is 0 Å². The first kappa shape index (κ1) is 18.7. The van der Waals surface area contributed by atoms with E-state index in [0.717, 1.165) is 27.5 Å². The Bertz CT molecular complexity index is 1080. The van der Waals surface area contributed by atoms with Gasteiger partial charge < -0.3 is 10.0 Å². The Morgan fingerprint density at radius 1 is 0.690 bits per heavy atom. The number of hydrogen-bond acceptors (Lipinski definition) is 3. The monoisotopic (exact) mass is 397 g/mol. The Labute approximate surface area is 173 Å². The van der Waals surface area contributed by atoms with Gasteiger partial charge in [-0.1, -0.05) is 54.6 Å². The number of para-hydroxylation sites is 2. The van der Waals surface area contributed by atoms with E-state index in [9.17, 15) is 4.79 Å². The van der Waals surface area contributed by atoms with Gasteiger partial charge in [0, 0.05) is 21.9 Å². The van der Waals surface area contributed by atoms with Crippen molar-refractivity contribution in [3.63, 3.8) is 0 Å². The largest absolute Gasteiger partial charge is 0.477 e. The molecule has 0 radical (unpaired) electrons. The number of carbonyl (C=O) groups is 1. The van der Waals surface area contributed by atoms with E-state index < -0.39 is 5.97 Å². The number of carboxylic acids is 1. The molecule has 1 N–H and O–H groups in total. The lowest BCUT2D eigenvalue weighted by Gasteiger charge is -2.25. The lowest BCUT2D eigenvalue weighted by atomic mass is 10.1.